The zero-order valence-electron chi connectivity index (χ0n) is 6.56. The molecule has 1 heterocycles. The summed E-state index contributed by atoms with van der Waals surface area (Å²) in [6.45, 7) is 4.98. The summed E-state index contributed by atoms with van der Waals surface area (Å²) in [6.07, 6.45) is 0.672. The Morgan fingerprint density at radius 3 is 3.17 bits per heavy atom. The molecule has 2 atom stereocenters. The summed E-state index contributed by atoms with van der Waals surface area (Å²) in [4.78, 5) is 14.0. The SMILES string of the molecule is C=CC1OC=NC1(C)OC(=O)O. The highest BCUT2D eigenvalue weighted by Crippen LogP contribution is 2.25. The van der Waals surface area contributed by atoms with Gasteiger partial charge in [0, 0.05) is 6.92 Å². The second-order valence-electron chi connectivity index (χ2n) is 2.45. The first-order chi connectivity index (χ1) is 5.58. The molecule has 0 saturated heterocycles. The second-order valence-corrected chi connectivity index (χ2v) is 2.45. The minimum Gasteiger partial charge on any atom is -0.470 e. The van der Waals surface area contributed by atoms with E-state index in [1.165, 1.54) is 13.0 Å². The number of carbonyl (C=O) groups is 1. The lowest BCUT2D eigenvalue weighted by molar-refractivity contribution is -0.0381. The molecule has 5 heteroatoms. The number of ether oxygens (including phenoxy) is 2. The van der Waals surface area contributed by atoms with E-state index in [-0.39, 0.29) is 0 Å². The minimum absolute atomic E-state index is 0.548. The van der Waals surface area contributed by atoms with Crippen molar-refractivity contribution in [2.75, 3.05) is 0 Å². The number of carboxylic acid groups (broad SMARTS) is 1. The van der Waals surface area contributed by atoms with Gasteiger partial charge in [0.1, 0.15) is 0 Å². The highest BCUT2D eigenvalue weighted by Gasteiger charge is 2.40. The molecule has 0 saturated carbocycles. The largest absolute Gasteiger partial charge is 0.508 e. The quantitative estimate of drug-likeness (QED) is 0.497. The number of hydrogen-bond acceptors (Lipinski definition) is 4. The molecule has 2 unspecified atom stereocenters. The van der Waals surface area contributed by atoms with E-state index in [1.807, 2.05) is 0 Å². The van der Waals surface area contributed by atoms with Gasteiger partial charge in [-0.1, -0.05) is 6.58 Å². The first-order valence-electron chi connectivity index (χ1n) is 3.32. The van der Waals surface area contributed by atoms with Crippen LogP contribution in [0, 0.1) is 0 Å². The van der Waals surface area contributed by atoms with Crippen LogP contribution in [0.15, 0.2) is 17.6 Å². The lowest BCUT2D eigenvalue weighted by Crippen LogP contribution is -2.38. The molecule has 1 aliphatic rings. The normalized spacial score (nSPS) is 32.6. The van der Waals surface area contributed by atoms with Crippen molar-refractivity contribution in [3.63, 3.8) is 0 Å². The predicted octanol–water partition coefficient (Wildman–Crippen LogP) is 1.01. The highest BCUT2D eigenvalue weighted by atomic mass is 16.7. The molecule has 0 bridgehead atoms. The fourth-order valence-electron chi connectivity index (χ4n) is 0.936. The molecule has 66 valence electrons. The maximum Gasteiger partial charge on any atom is 0.508 e. The van der Waals surface area contributed by atoms with Gasteiger partial charge in [0.15, 0.2) is 12.5 Å². The van der Waals surface area contributed by atoms with Crippen molar-refractivity contribution in [2.45, 2.75) is 18.8 Å². The van der Waals surface area contributed by atoms with Crippen LogP contribution in [0.5, 0.6) is 0 Å². The molecule has 5 nitrogen and oxygen atoms in total. The molecule has 1 rings (SSSR count). The van der Waals surface area contributed by atoms with E-state index in [9.17, 15) is 4.79 Å². The smallest absolute Gasteiger partial charge is 0.470 e. The van der Waals surface area contributed by atoms with E-state index in [1.54, 1.807) is 0 Å². The summed E-state index contributed by atoms with van der Waals surface area (Å²) in [5.41, 5.74) is -1.19. The summed E-state index contributed by atoms with van der Waals surface area (Å²) >= 11 is 0. The maximum atomic E-state index is 10.2. The van der Waals surface area contributed by atoms with Crippen LogP contribution in [0.3, 0.4) is 0 Å². The molecule has 0 aromatic rings. The van der Waals surface area contributed by atoms with E-state index in [0.717, 1.165) is 6.40 Å². The zero-order chi connectivity index (χ0) is 9.19. The highest BCUT2D eigenvalue weighted by molar-refractivity contribution is 5.59. The van der Waals surface area contributed by atoms with Crippen LogP contribution in [-0.4, -0.2) is 29.5 Å². The maximum absolute atomic E-state index is 10.2. The van der Waals surface area contributed by atoms with Crippen molar-refractivity contribution >= 4 is 12.6 Å². The number of nitrogens with zero attached hydrogens (tertiary/aromatic N) is 1. The molecule has 12 heavy (non-hydrogen) atoms. The fourth-order valence-corrected chi connectivity index (χ4v) is 0.936. The summed E-state index contributed by atoms with van der Waals surface area (Å²) < 4.78 is 9.45. The van der Waals surface area contributed by atoms with Gasteiger partial charge in [0.25, 0.3) is 0 Å². The van der Waals surface area contributed by atoms with Crippen LogP contribution in [0.2, 0.25) is 0 Å². The Kier molecular flexibility index (Phi) is 2.03. The molecule has 0 spiro atoms. The van der Waals surface area contributed by atoms with Gasteiger partial charge in [-0.15, -0.1) is 0 Å². The monoisotopic (exact) mass is 171 g/mol. The first kappa shape index (κ1) is 8.58. The van der Waals surface area contributed by atoms with Crippen molar-refractivity contribution in [3.8, 4) is 0 Å². The Bertz CT molecular complexity index is 238. The van der Waals surface area contributed by atoms with E-state index in [2.05, 4.69) is 16.3 Å². The average molecular weight is 171 g/mol. The molecular formula is C7H9NO4. The molecule has 1 N–H and O–H groups in total. The fraction of sp³-hybridized carbons (Fsp3) is 0.429. The molecule has 0 aromatic carbocycles. The van der Waals surface area contributed by atoms with E-state index >= 15 is 0 Å². The summed E-state index contributed by atoms with van der Waals surface area (Å²) in [7, 11) is 0. The molecule has 0 fully saturated rings. The summed E-state index contributed by atoms with van der Waals surface area (Å²) in [5.74, 6) is 0. The third-order valence-corrected chi connectivity index (χ3v) is 1.55. The van der Waals surface area contributed by atoms with Gasteiger partial charge in [0.05, 0.1) is 0 Å². The topological polar surface area (TPSA) is 68.1 Å². The first-order valence-corrected chi connectivity index (χ1v) is 3.32. The van der Waals surface area contributed by atoms with E-state index < -0.39 is 18.0 Å². The van der Waals surface area contributed by atoms with Gasteiger partial charge in [-0.2, -0.15) is 0 Å². The van der Waals surface area contributed by atoms with E-state index in [0.29, 0.717) is 0 Å². The molecule has 0 amide bonds. The van der Waals surface area contributed by atoms with Gasteiger partial charge in [-0.05, 0) is 6.08 Å². The molecule has 0 radical (unpaired) electrons. The Morgan fingerprint density at radius 2 is 2.67 bits per heavy atom. The predicted molar refractivity (Wildman–Crippen MR) is 41.1 cm³/mol. The molecule has 0 aromatic heterocycles. The third-order valence-electron chi connectivity index (χ3n) is 1.55. The van der Waals surface area contributed by atoms with Crippen LogP contribution < -0.4 is 0 Å². The van der Waals surface area contributed by atoms with Crippen LogP contribution >= 0.6 is 0 Å². The standard InChI is InChI=1S/C7H9NO4/c1-3-5-7(2,8-4-11-5)12-6(9)10/h3-5H,1H2,2H3,(H,9,10). The van der Waals surface area contributed by atoms with Crippen molar-refractivity contribution in [2.24, 2.45) is 4.99 Å². The van der Waals surface area contributed by atoms with Crippen molar-refractivity contribution in [1.82, 2.24) is 0 Å². The number of aliphatic imine (C=N–C) groups is 1. The average Bonchev–Trinajstić information content (AvgIpc) is 2.28. The summed E-state index contributed by atoms with van der Waals surface area (Å²) in [6, 6.07) is 0. The lowest BCUT2D eigenvalue weighted by Gasteiger charge is -2.22. The summed E-state index contributed by atoms with van der Waals surface area (Å²) in [5, 5.41) is 8.37. The molecular weight excluding hydrogens is 162 g/mol. The lowest BCUT2D eigenvalue weighted by atomic mass is 10.1. The Hall–Kier alpha value is -1.52. The van der Waals surface area contributed by atoms with Crippen molar-refractivity contribution in [3.05, 3.63) is 12.7 Å². The molecule has 0 aliphatic carbocycles. The van der Waals surface area contributed by atoms with Crippen molar-refractivity contribution < 1.29 is 19.4 Å². The van der Waals surface area contributed by atoms with Crippen LogP contribution in [0.4, 0.5) is 4.79 Å². The Morgan fingerprint density at radius 1 is 2.00 bits per heavy atom. The van der Waals surface area contributed by atoms with Crippen LogP contribution in [-0.2, 0) is 9.47 Å². The van der Waals surface area contributed by atoms with Gasteiger partial charge >= 0.3 is 6.16 Å². The van der Waals surface area contributed by atoms with Crippen LogP contribution in [0.25, 0.3) is 0 Å². The van der Waals surface area contributed by atoms with Gasteiger partial charge in [0.2, 0.25) is 5.72 Å². The van der Waals surface area contributed by atoms with Gasteiger partial charge < -0.3 is 14.6 Å². The third kappa shape index (κ3) is 1.39. The van der Waals surface area contributed by atoms with Crippen molar-refractivity contribution in [1.29, 1.82) is 0 Å². The van der Waals surface area contributed by atoms with Gasteiger partial charge in [-0.3, -0.25) is 0 Å². The Labute approximate surface area is 69.3 Å². The minimum atomic E-state index is -1.38. The van der Waals surface area contributed by atoms with Crippen LogP contribution in [0.1, 0.15) is 6.92 Å². The Balaban J connectivity index is 2.73. The van der Waals surface area contributed by atoms with Gasteiger partial charge in [-0.25, -0.2) is 9.79 Å². The second kappa shape index (κ2) is 2.84. The molecule has 1 aliphatic heterocycles. The number of rotatable bonds is 2. The zero-order valence-corrected chi connectivity index (χ0v) is 6.56. The van der Waals surface area contributed by atoms with E-state index in [4.69, 9.17) is 9.84 Å². The number of hydrogen-bond donors (Lipinski definition) is 1.